The smallest absolute Gasteiger partial charge is 0.246 e. The lowest BCUT2D eigenvalue weighted by molar-refractivity contribution is -0.144. The molecule has 0 radical (unpaired) electrons. The Labute approximate surface area is 295 Å². The van der Waals surface area contributed by atoms with Gasteiger partial charge in [-0.1, -0.05) is 61.3 Å². The first-order valence-electron chi connectivity index (χ1n) is 17.8. The maximum absolute atomic E-state index is 14.0. The molecule has 0 aromatic rings. The van der Waals surface area contributed by atoms with Gasteiger partial charge in [-0.2, -0.15) is 0 Å². The van der Waals surface area contributed by atoms with E-state index in [9.17, 15) is 43.8 Å². The summed E-state index contributed by atoms with van der Waals surface area (Å²) in [7, 11) is 0. The van der Waals surface area contributed by atoms with Crippen LogP contribution in [0, 0.1) is 17.8 Å². The van der Waals surface area contributed by atoms with Gasteiger partial charge >= 0.3 is 0 Å². The number of aldehydes is 1. The highest BCUT2D eigenvalue weighted by Gasteiger charge is 2.42. The molecule has 1 aliphatic rings. The number of aliphatic hydroxyl groups excluding tert-OH is 2. The van der Waals surface area contributed by atoms with Crippen molar-refractivity contribution >= 4 is 41.7 Å². The van der Waals surface area contributed by atoms with Crippen molar-refractivity contribution in [3.05, 3.63) is 0 Å². The van der Waals surface area contributed by atoms with Crippen molar-refractivity contribution in [3.8, 4) is 0 Å². The van der Waals surface area contributed by atoms with Crippen LogP contribution in [0.5, 0.6) is 0 Å². The first kappa shape index (κ1) is 44.4. The number of rotatable bonds is 20. The predicted molar refractivity (Wildman–Crippen MR) is 186 cm³/mol. The molecule has 286 valence electrons. The minimum Gasteiger partial charge on any atom is -0.391 e. The van der Waals surface area contributed by atoms with Crippen molar-refractivity contribution in [2.24, 2.45) is 23.5 Å². The fraction of sp³-hybridized carbons (Fsp3) is 0.794. The molecule has 16 nitrogen and oxygen atoms in total. The van der Waals surface area contributed by atoms with Crippen LogP contribution in [0.2, 0.25) is 0 Å². The lowest BCUT2D eigenvalue weighted by Crippen LogP contribution is -2.62. The number of carbonyl (C=O) groups excluding carboxylic acids is 7. The highest BCUT2D eigenvalue weighted by atomic mass is 16.3. The third-order valence-electron chi connectivity index (χ3n) is 9.48. The number of hydrogen-bond donors (Lipinski definition) is 8. The van der Waals surface area contributed by atoms with E-state index in [1.54, 1.807) is 34.6 Å². The van der Waals surface area contributed by atoms with Crippen LogP contribution in [0.4, 0.5) is 0 Å². The molecule has 6 amide bonds. The summed E-state index contributed by atoms with van der Waals surface area (Å²) in [5, 5.41) is 33.5. The van der Waals surface area contributed by atoms with Crippen LogP contribution in [0.15, 0.2) is 0 Å². The molecular formula is C34H61N7O9. The Morgan fingerprint density at radius 2 is 1.18 bits per heavy atom. The summed E-state index contributed by atoms with van der Waals surface area (Å²) in [5.74, 6) is -5.08. The summed E-state index contributed by atoms with van der Waals surface area (Å²) in [6.07, 6.45) is 0.0968. The summed E-state index contributed by atoms with van der Waals surface area (Å²) < 4.78 is 0. The van der Waals surface area contributed by atoms with E-state index in [1.807, 2.05) is 13.8 Å². The predicted octanol–water partition coefficient (Wildman–Crippen LogP) is -1.15. The summed E-state index contributed by atoms with van der Waals surface area (Å²) in [6, 6.07) is -7.73. The highest BCUT2D eigenvalue weighted by molar-refractivity contribution is 5.97. The van der Waals surface area contributed by atoms with Gasteiger partial charge in [-0.25, -0.2) is 0 Å². The number of carbonyl (C=O) groups is 7. The Morgan fingerprint density at radius 1 is 0.700 bits per heavy atom. The van der Waals surface area contributed by atoms with E-state index in [1.165, 1.54) is 18.7 Å². The first-order valence-corrected chi connectivity index (χ1v) is 17.8. The topological polar surface area (TPSA) is 249 Å². The van der Waals surface area contributed by atoms with Gasteiger partial charge < -0.3 is 52.2 Å². The van der Waals surface area contributed by atoms with Crippen molar-refractivity contribution in [2.75, 3.05) is 6.54 Å². The Bertz CT molecular complexity index is 1180. The summed E-state index contributed by atoms with van der Waals surface area (Å²) in [4.78, 5) is 92.6. The van der Waals surface area contributed by atoms with Crippen LogP contribution in [0.25, 0.3) is 0 Å². The molecule has 9 N–H and O–H groups in total. The summed E-state index contributed by atoms with van der Waals surface area (Å²) >= 11 is 0. The third kappa shape index (κ3) is 12.3. The quantitative estimate of drug-likeness (QED) is 0.0704. The molecule has 1 heterocycles. The Morgan fingerprint density at radius 3 is 1.64 bits per heavy atom. The standard InChI is InChI=1S/C34H61N7O9/c1-10-18(6)24(35)30(46)39-28(21(9)44)33(49)38-26(19(7)11-2)34(50)41-15-13-14-23(41)29(45)37-25(17(4)5)31(47)40-27(20(8)43)32(48)36-22(12-3)16-42/h16-28,43-44H,10-15,35H2,1-9H3,(H,36,48)(H,37,45)(H,38,49)(H,39,46)(H,40,47)/t18-,19-,20+,21+,22-,23-,24-,25-,26-,27-,28-/m0/s1. The largest absolute Gasteiger partial charge is 0.391 e. The molecule has 50 heavy (non-hydrogen) atoms. The number of nitrogens with two attached hydrogens (primary N) is 1. The number of hydrogen-bond acceptors (Lipinski definition) is 10. The molecule has 0 aromatic carbocycles. The SMILES string of the molecule is CC[C@@H](C=O)NC(=O)[C@@H](NC(=O)[C@@H](NC(=O)[C@@H]1CCCN1C(=O)[C@@H](NC(=O)[C@@H](NC(=O)[C@@H](N)[C@@H](C)CC)[C@@H](C)O)[C@@H](C)CC)C(C)C)[C@@H](C)O. The van der Waals surface area contributed by atoms with Crippen molar-refractivity contribution in [3.63, 3.8) is 0 Å². The van der Waals surface area contributed by atoms with Gasteiger partial charge in [-0.3, -0.25) is 28.8 Å². The molecule has 1 aliphatic heterocycles. The lowest BCUT2D eigenvalue weighted by atomic mass is 9.96. The molecule has 11 atom stereocenters. The minimum atomic E-state index is -1.40. The summed E-state index contributed by atoms with van der Waals surface area (Å²) in [5.41, 5.74) is 6.03. The van der Waals surface area contributed by atoms with Crippen molar-refractivity contribution in [1.82, 2.24) is 31.5 Å². The van der Waals surface area contributed by atoms with Crippen LogP contribution >= 0.6 is 0 Å². The molecule has 1 fully saturated rings. The van der Waals surface area contributed by atoms with Gasteiger partial charge in [-0.05, 0) is 50.9 Å². The molecular weight excluding hydrogens is 650 g/mol. The number of nitrogens with one attached hydrogen (secondary N) is 5. The van der Waals surface area contributed by atoms with E-state index in [4.69, 9.17) is 5.73 Å². The van der Waals surface area contributed by atoms with E-state index in [-0.39, 0.29) is 18.9 Å². The Balaban J connectivity index is 3.19. The molecule has 0 saturated carbocycles. The maximum atomic E-state index is 14.0. The monoisotopic (exact) mass is 711 g/mol. The molecule has 0 spiro atoms. The van der Waals surface area contributed by atoms with E-state index in [0.29, 0.717) is 32.0 Å². The fourth-order valence-electron chi connectivity index (χ4n) is 5.51. The second-order valence-electron chi connectivity index (χ2n) is 13.8. The average molecular weight is 712 g/mol. The molecule has 16 heteroatoms. The lowest BCUT2D eigenvalue weighted by Gasteiger charge is -2.34. The average Bonchev–Trinajstić information content (AvgIpc) is 3.57. The third-order valence-corrected chi connectivity index (χ3v) is 9.48. The van der Waals surface area contributed by atoms with Crippen LogP contribution in [0.1, 0.15) is 94.4 Å². The Hall–Kier alpha value is -3.63. The van der Waals surface area contributed by atoms with Crippen LogP contribution in [-0.4, -0.2) is 118 Å². The van der Waals surface area contributed by atoms with Crippen LogP contribution in [-0.2, 0) is 33.6 Å². The van der Waals surface area contributed by atoms with Gasteiger partial charge in [0.1, 0.15) is 36.5 Å². The minimum absolute atomic E-state index is 0.178. The first-order chi connectivity index (χ1) is 23.4. The number of nitrogens with zero attached hydrogens (tertiary/aromatic N) is 1. The van der Waals surface area contributed by atoms with E-state index in [2.05, 4.69) is 26.6 Å². The normalized spacial score (nSPS) is 20.5. The zero-order chi connectivity index (χ0) is 38.5. The van der Waals surface area contributed by atoms with Crippen LogP contribution in [0.3, 0.4) is 0 Å². The molecule has 0 unspecified atom stereocenters. The molecule has 1 rings (SSSR count). The van der Waals surface area contributed by atoms with Crippen LogP contribution < -0.4 is 32.3 Å². The van der Waals surface area contributed by atoms with Gasteiger partial charge in [0.25, 0.3) is 0 Å². The fourth-order valence-corrected chi connectivity index (χ4v) is 5.51. The van der Waals surface area contributed by atoms with E-state index >= 15 is 0 Å². The van der Waals surface area contributed by atoms with Crippen molar-refractivity contribution in [1.29, 1.82) is 0 Å². The van der Waals surface area contributed by atoms with Gasteiger partial charge in [0, 0.05) is 6.54 Å². The second kappa shape index (κ2) is 20.9. The highest BCUT2D eigenvalue weighted by Crippen LogP contribution is 2.22. The molecule has 0 aliphatic carbocycles. The molecule has 0 aromatic heterocycles. The van der Waals surface area contributed by atoms with Gasteiger partial charge in [0.05, 0.1) is 24.3 Å². The van der Waals surface area contributed by atoms with E-state index < -0.39 is 102 Å². The zero-order valence-electron chi connectivity index (χ0n) is 31.0. The molecule has 1 saturated heterocycles. The number of amides is 6. The van der Waals surface area contributed by atoms with Crippen molar-refractivity contribution in [2.45, 2.75) is 149 Å². The van der Waals surface area contributed by atoms with Crippen molar-refractivity contribution < 1.29 is 43.8 Å². The zero-order valence-corrected chi connectivity index (χ0v) is 31.0. The summed E-state index contributed by atoms with van der Waals surface area (Å²) in [6.45, 7) is 15.2. The maximum Gasteiger partial charge on any atom is 0.246 e. The van der Waals surface area contributed by atoms with Gasteiger partial charge in [0.15, 0.2) is 0 Å². The number of aliphatic hydroxyl groups is 2. The Kier molecular flexibility index (Phi) is 18.6. The van der Waals surface area contributed by atoms with E-state index in [0.717, 1.165) is 0 Å². The second-order valence-corrected chi connectivity index (χ2v) is 13.8. The molecule has 0 bridgehead atoms. The number of likely N-dealkylation sites (tertiary alicyclic amines) is 1. The van der Waals surface area contributed by atoms with Gasteiger partial charge in [0.2, 0.25) is 35.4 Å². The van der Waals surface area contributed by atoms with Gasteiger partial charge in [-0.15, -0.1) is 0 Å².